The van der Waals surface area contributed by atoms with Crippen LogP contribution in [0.25, 0.3) is 0 Å². The molecule has 110 valence electrons. The van der Waals surface area contributed by atoms with Crippen molar-refractivity contribution in [3.63, 3.8) is 0 Å². The summed E-state index contributed by atoms with van der Waals surface area (Å²) >= 11 is 2.99. The second-order valence-corrected chi connectivity index (χ2v) is 5.12. The molecule has 2 aromatic rings. The van der Waals surface area contributed by atoms with Crippen molar-refractivity contribution >= 4 is 33.2 Å². The van der Waals surface area contributed by atoms with Gasteiger partial charge in [-0.3, -0.25) is 9.59 Å². The first-order chi connectivity index (χ1) is 10.5. The zero-order valence-electron chi connectivity index (χ0n) is 10.7. The predicted molar refractivity (Wildman–Crippen MR) is 76.6 cm³/mol. The van der Waals surface area contributed by atoms with Gasteiger partial charge < -0.3 is 5.32 Å². The van der Waals surface area contributed by atoms with Gasteiger partial charge in [0.1, 0.15) is 17.1 Å². The van der Waals surface area contributed by atoms with Crippen LogP contribution in [0.2, 0.25) is 0 Å². The monoisotopic (exact) mass is 365 g/mol. The Morgan fingerprint density at radius 1 is 1.00 bits per heavy atom. The van der Waals surface area contributed by atoms with Crippen LogP contribution < -0.4 is 5.32 Å². The molecule has 0 radical (unpaired) electrons. The third-order valence-corrected chi connectivity index (χ3v) is 3.74. The second-order valence-electron chi connectivity index (χ2n) is 4.33. The van der Waals surface area contributed by atoms with Gasteiger partial charge >= 0.3 is 0 Å². The summed E-state index contributed by atoms with van der Waals surface area (Å²) < 4.78 is 26.8. The fraction of sp³-hybridized carbons (Fsp3) is 0. The van der Waals surface area contributed by atoms with Crippen molar-refractivity contribution in [2.45, 2.75) is 0 Å². The molecule has 1 aliphatic carbocycles. The van der Waals surface area contributed by atoms with Gasteiger partial charge in [-0.05, 0) is 28.1 Å². The first kappa shape index (κ1) is 14.5. The molecule has 1 aromatic heterocycles. The standard InChI is InChI=1S/C14H6BrF2N3O2/c15-8-10(20-7-3-1-2-6(16)9(7)17)14(22)12-11(13(8)21)18-4-5-19-12/h1-5,20H. The number of hydrogen-bond donors (Lipinski definition) is 1. The molecule has 0 unspecified atom stereocenters. The molecule has 0 amide bonds. The minimum atomic E-state index is -1.15. The van der Waals surface area contributed by atoms with Crippen molar-refractivity contribution in [1.82, 2.24) is 9.97 Å². The van der Waals surface area contributed by atoms with E-state index in [2.05, 4.69) is 31.2 Å². The molecular formula is C14H6BrF2N3O2. The molecule has 1 N–H and O–H groups in total. The molecule has 0 saturated carbocycles. The van der Waals surface area contributed by atoms with Crippen LogP contribution in [-0.2, 0) is 0 Å². The largest absolute Gasteiger partial charge is 0.349 e. The molecule has 1 aliphatic rings. The maximum atomic E-state index is 13.7. The molecule has 0 aliphatic heterocycles. The van der Waals surface area contributed by atoms with Crippen LogP contribution in [0.5, 0.6) is 0 Å². The smallest absolute Gasteiger partial charge is 0.231 e. The summed E-state index contributed by atoms with van der Waals surface area (Å²) in [6, 6.07) is 3.46. The number of nitrogens with zero attached hydrogens (tertiary/aromatic N) is 2. The van der Waals surface area contributed by atoms with Gasteiger partial charge in [-0.1, -0.05) is 6.07 Å². The highest BCUT2D eigenvalue weighted by Gasteiger charge is 2.34. The van der Waals surface area contributed by atoms with Crippen LogP contribution >= 0.6 is 15.9 Å². The number of anilines is 1. The van der Waals surface area contributed by atoms with E-state index in [-0.39, 0.29) is 27.3 Å². The summed E-state index contributed by atoms with van der Waals surface area (Å²) in [6.45, 7) is 0. The van der Waals surface area contributed by atoms with Crippen LogP contribution in [0, 0.1) is 11.6 Å². The van der Waals surface area contributed by atoms with Crippen molar-refractivity contribution in [3.05, 3.63) is 63.8 Å². The highest BCUT2D eigenvalue weighted by atomic mass is 79.9. The fourth-order valence-corrected chi connectivity index (χ4v) is 2.42. The first-order valence-corrected chi connectivity index (χ1v) is 6.81. The molecule has 22 heavy (non-hydrogen) atoms. The second kappa shape index (κ2) is 5.38. The van der Waals surface area contributed by atoms with E-state index in [0.717, 1.165) is 6.07 Å². The Hall–Kier alpha value is -2.48. The zero-order chi connectivity index (χ0) is 15.9. The molecule has 3 rings (SSSR count). The van der Waals surface area contributed by atoms with Gasteiger partial charge in [0, 0.05) is 12.4 Å². The topological polar surface area (TPSA) is 72.0 Å². The number of carbonyl (C=O) groups excluding carboxylic acids is 2. The molecule has 0 bridgehead atoms. The third kappa shape index (κ3) is 2.21. The molecule has 0 fully saturated rings. The van der Waals surface area contributed by atoms with Gasteiger partial charge in [-0.25, -0.2) is 18.7 Å². The van der Waals surface area contributed by atoms with Gasteiger partial charge in [0.25, 0.3) is 0 Å². The van der Waals surface area contributed by atoms with E-state index in [4.69, 9.17) is 0 Å². The number of hydrogen-bond acceptors (Lipinski definition) is 5. The number of benzene rings is 1. The minimum absolute atomic E-state index is 0.0929. The number of halogens is 3. The van der Waals surface area contributed by atoms with E-state index < -0.39 is 23.2 Å². The molecule has 1 heterocycles. The van der Waals surface area contributed by atoms with Gasteiger partial charge in [0.2, 0.25) is 11.6 Å². The lowest BCUT2D eigenvalue weighted by Gasteiger charge is -2.17. The molecule has 5 nitrogen and oxygen atoms in total. The maximum Gasteiger partial charge on any atom is 0.231 e. The summed E-state index contributed by atoms with van der Waals surface area (Å²) in [7, 11) is 0. The third-order valence-electron chi connectivity index (χ3n) is 2.99. The van der Waals surface area contributed by atoms with Crippen molar-refractivity contribution in [1.29, 1.82) is 0 Å². The SMILES string of the molecule is O=C1C(Br)=C(Nc2cccc(F)c2F)C(=O)c2nccnc21. The number of allylic oxidation sites excluding steroid dienone is 2. The Balaban J connectivity index is 2.08. The van der Waals surface area contributed by atoms with Crippen LogP contribution in [0.15, 0.2) is 40.8 Å². The summed E-state index contributed by atoms with van der Waals surface area (Å²) in [6.07, 6.45) is 2.55. The number of carbonyl (C=O) groups is 2. The van der Waals surface area contributed by atoms with Crippen molar-refractivity contribution in [2.24, 2.45) is 0 Å². The Bertz CT molecular complexity index is 852. The average Bonchev–Trinajstić information content (AvgIpc) is 2.53. The number of rotatable bonds is 2. The van der Waals surface area contributed by atoms with Crippen LogP contribution in [0.1, 0.15) is 21.0 Å². The molecule has 0 atom stereocenters. The van der Waals surface area contributed by atoms with E-state index in [0.29, 0.717) is 0 Å². The summed E-state index contributed by atoms with van der Waals surface area (Å²) in [4.78, 5) is 32.1. The predicted octanol–water partition coefficient (Wildman–Crippen LogP) is 2.85. The first-order valence-electron chi connectivity index (χ1n) is 6.02. The van der Waals surface area contributed by atoms with Gasteiger partial charge in [0.15, 0.2) is 11.6 Å². The van der Waals surface area contributed by atoms with Crippen molar-refractivity contribution < 1.29 is 18.4 Å². The van der Waals surface area contributed by atoms with E-state index in [1.54, 1.807) is 0 Å². The molecule has 0 spiro atoms. The normalized spacial score (nSPS) is 14.1. The lowest BCUT2D eigenvalue weighted by molar-refractivity contribution is 0.0975. The van der Waals surface area contributed by atoms with Gasteiger partial charge in [-0.2, -0.15) is 0 Å². The van der Waals surface area contributed by atoms with Gasteiger partial charge in [-0.15, -0.1) is 0 Å². The highest BCUT2D eigenvalue weighted by Crippen LogP contribution is 2.29. The zero-order valence-corrected chi connectivity index (χ0v) is 12.3. The van der Waals surface area contributed by atoms with E-state index >= 15 is 0 Å². The number of aromatic nitrogens is 2. The molecule has 8 heteroatoms. The highest BCUT2D eigenvalue weighted by molar-refractivity contribution is 9.12. The Labute approximate surface area is 131 Å². The lowest BCUT2D eigenvalue weighted by atomic mass is 10.0. The number of fused-ring (bicyclic) bond motifs is 1. The lowest BCUT2D eigenvalue weighted by Crippen LogP contribution is -2.26. The fourth-order valence-electron chi connectivity index (χ4n) is 1.95. The Kier molecular flexibility index (Phi) is 3.53. The summed E-state index contributed by atoms with van der Waals surface area (Å²) in [5.74, 6) is -3.43. The molecule has 0 saturated heterocycles. The number of ketones is 2. The Morgan fingerprint density at radius 3 is 2.32 bits per heavy atom. The maximum absolute atomic E-state index is 13.7. The molecule has 1 aromatic carbocycles. The Morgan fingerprint density at radius 2 is 1.64 bits per heavy atom. The average molecular weight is 366 g/mol. The van der Waals surface area contributed by atoms with Gasteiger partial charge in [0.05, 0.1) is 10.2 Å². The van der Waals surface area contributed by atoms with Crippen LogP contribution in [0.3, 0.4) is 0 Å². The van der Waals surface area contributed by atoms with E-state index in [1.165, 1.54) is 24.5 Å². The summed E-state index contributed by atoms with van der Waals surface area (Å²) in [5, 5.41) is 2.44. The molecular weight excluding hydrogens is 360 g/mol. The minimum Gasteiger partial charge on any atom is -0.349 e. The quantitative estimate of drug-likeness (QED) is 0.885. The van der Waals surface area contributed by atoms with E-state index in [9.17, 15) is 18.4 Å². The summed E-state index contributed by atoms with van der Waals surface area (Å²) in [5.41, 5.74) is -0.720. The van der Waals surface area contributed by atoms with Crippen molar-refractivity contribution in [2.75, 3.05) is 5.32 Å². The number of nitrogens with one attached hydrogen (secondary N) is 1. The van der Waals surface area contributed by atoms with Crippen LogP contribution in [0.4, 0.5) is 14.5 Å². The van der Waals surface area contributed by atoms with Crippen molar-refractivity contribution in [3.8, 4) is 0 Å². The van der Waals surface area contributed by atoms with Crippen LogP contribution in [-0.4, -0.2) is 21.5 Å². The van der Waals surface area contributed by atoms with E-state index in [1.807, 2.05) is 0 Å². The number of Topliss-reactive ketones (excluding diaryl/α,β-unsaturated/α-hetero) is 2.